The van der Waals surface area contributed by atoms with Crippen LogP contribution in [0.3, 0.4) is 0 Å². The van der Waals surface area contributed by atoms with Crippen molar-refractivity contribution in [2.75, 3.05) is 5.32 Å². The van der Waals surface area contributed by atoms with Gasteiger partial charge in [0.1, 0.15) is 6.61 Å². The average Bonchev–Trinajstić information content (AvgIpc) is 2.68. The number of carbonyl (C=O) groups is 2. The number of aryl methyl sites for hydroxylation is 2. The van der Waals surface area contributed by atoms with Crippen LogP contribution in [0.2, 0.25) is 0 Å². The summed E-state index contributed by atoms with van der Waals surface area (Å²) in [6, 6.07) is 21.9. The zero-order chi connectivity index (χ0) is 19.2. The van der Waals surface area contributed by atoms with Crippen molar-refractivity contribution in [2.24, 2.45) is 0 Å². The van der Waals surface area contributed by atoms with Gasteiger partial charge >= 0.3 is 5.97 Å². The largest absolute Gasteiger partial charge is 0.457 e. The number of benzene rings is 3. The third-order valence-corrected chi connectivity index (χ3v) is 4.23. The van der Waals surface area contributed by atoms with Gasteiger partial charge in [-0.1, -0.05) is 53.6 Å². The van der Waals surface area contributed by atoms with E-state index in [0.29, 0.717) is 16.8 Å². The second-order valence-corrected chi connectivity index (χ2v) is 6.42. The maximum Gasteiger partial charge on any atom is 0.338 e. The molecule has 0 aliphatic heterocycles. The van der Waals surface area contributed by atoms with Crippen molar-refractivity contribution >= 4 is 17.6 Å². The van der Waals surface area contributed by atoms with Gasteiger partial charge < -0.3 is 10.1 Å². The molecule has 0 aromatic heterocycles. The average molecular weight is 359 g/mol. The molecule has 0 spiro atoms. The first-order valence-electron chi connectivity index (χ1n) is 8.72. The minimum Gasteiger partial charge on any atom is -0.457 e. The highest BCUT2D eigenvalue weighted by Crippen LogP contribution is 2.18. The number of rotatable bonds is 5. The summed E-state index contributed by atoms with van der Waals surface area (Å²) in [6.07, 6.45) is 0. The van der Waals surface area contributed by atoms with E-state index in [0.717, 1.165) is 16.7 Å². The van der Waals surface area contributed by atoms with Crippen molar-refractivity contribution in [3.63, 3.8) is 0 Å². The van der Waals surface area contributed by atoms with Crippen LogP contribution >= 0.6 is 0 Å². The molecule has 0 aliphatic rings. The van der Waals surface area contributed by atoms with Gasteiger partial charge in [-0.05, 0) is 44.2 Å². The summed E-state index contributed by atoms with van der Waals surface area (Å²) in [4.78, 5) is 24.7. The molecule has 4 nitrogen and oxygen atoms in total. The molecule has 0 aliphatic carbocycles. The fourth-order valence-electron chi connectivity index (χ4n) is 2.58. The second kappa shape index (κ2) is 8.32. The molecule has 0 radical (unpaired) electrons. The number of hydrogen-bond donors (Lipinski definition) is 1. The number of hydrogen-bond acceptors (Lipinski definition) is 3. The summed E-state index contributed by atoms with van der Waals surface area (Å²) in [5.41, 5.74) is 4.61. The summed E-state index contributed by atoms with van der Waals surface area (Å²) in [5.74, 6) is -0.595. The van der Waals surface area contributed by atoms with E-state index in [1.54, 1.807) is 30.3 Å². The smallest absolute Gasteiger partial charge is 0.338 e. The molecule has 0 saturated carbocycles. The molecule has 3 aromatic rings. The number of anilines is 1. The number of carbonyl (C=O) groups excluding carboxylic acids is 2. The van der Waals surface area contributed by atoms with Gasteiger partial charge in [0.15, 0.2) is 0 Å². The summed E-state index contributed by atoms with van der Waals surface area (Å²) >= 11 is 0. The highest BCUT2D eigenvalue weighted by atomic mass is 16.5. The summed E-state index contributed by atoms with van der Waals surface area (Å²) in [5, 5.41) is 2.89. The molecule has 0 atom stereocenters. The zero-order valence-corrected chi connectivity index (χ0v) is 15.4. The minimum atomic E-state index is -0.394. The molecular formula is C23H21NO3. The van der Waals surface area contributed by atoms with Crippen LogP contribution in [0, 0.1) is 13.8 Å². The van der Waals surface area contributed by atoms with Crippen molar-refractivity contribution in [1.29, 1.82) is 0 Å². The number of ether oxygens (including phenoxy) is 1. The first-order valence-corrected chi connectivity index (χ1v) is 8.72. The van der Waals surface area contributed by atoms with E-state index in [9.17, 15) is 9.59 Å². The second-order valence-electron chi connectivity index (χ2n) is 6.42. The third-order valence-electron chi connectivity index (χ3n) is 4.23. The van der Waals surface area contributed by atoms with E-state index < -0.39 is 5.97 Å². The van der Waals surface area contributed by atoms with Crippen LogP contribution in [-0.2, 0) is 11.3 Å². The Hall–Kier alpha value is -3.40. The van der Waals surface area contributed by atoms with Crippen molar-refractivity contribution in [3.05, 3.63) is 101 Å². The van der Waals surface area contributed by atoms with Gasteiger partial charge in [0, 0.05) is 16.8 Å². The molecule has 27 heavy (non-hydrogen) atoms. The lowest BCUT2D eigenvalue weighted by atomic mass is 10.1. The van der Waals surface area contributed by atoms with E-state index in [-0.39, 0.29) is 12.5 Å². The SMILES string of the molecule is Cc1ccc(C(=O)Nc2ccccc2COC(=O)c2ccc(C)cc2)cc1. The van der Waals surface area contributed by atoms with E-state index >= 15 is 0 Å². The molecule has 1 N–H and O–H groups in total. The number of amides is 1. The van der Waals surface area contributed by atoms with Crippen LogP contribution in [-0.4, -0.2) is 11.9 Å². The molecule has 0 fully saturated rings. The maximum atomic E-state index is 12.5. The lowest BCUT2D eigenvalue weighted by Crippen LogP contribution is -2.14. The van der Waals surface area contributed by atoms with Crippen molar-refractivity contribution in [2.45, 2.75) is 20.5 Å². The number of nitrogens with one attached hydrogen (secondary N) is 1. The summed E-state index contributed by atoms with van der Waals surface area (Å²) in [6.45, 7) is 4.01. The molecule has 0 bridgehead atoms. The Morgan fingerprint density at radius 3 is 1.96 bits per heavy atom. The molecule has 1 amide bonds. The summed E-state index contributed by atoms with van der Waals surface area (Å²) in [7, 11) is 0. The standard InChI is InChI=1S/C23H21NO3/c1-16-7-11-18(12-8-16)22(25)24-21-6-4-3-5-20(21)15-27-23(26)19-13-9-17(2)10-14-19/h3-14H,15H2,1-2H3,(H,24,25). The van der Waals surface area contributed by atoms with Gasteiger partial charge in [-0.25, -0.2) is 4.79 Å². The molecule has 3 rings (SSSR count). The molecule has 0 heterocycles. The van der Waals surface area contributed by atoms with Gasteiger partial charge in [-0.2, -0.15) is 0 Å². The lowest BCUT2D eigenvalue weighted by Gasteiger charge is -2.12. The predicted octanol–water partition coefficient (Wildman–Crippen LogP) is 4.91. The topological polar surface area (TPSA) is 55.4 Å². The van der Waals surface area contributed by atoms with Crippen molar-refractivity contribution < 1.29 is 14.3 Å². The Labute approximate surface area is 158 Å². The Morgan fingerprint density at radius 2 is 1.33 bits per heavy atom. The molecule has 0 saturated heterocycles. The molecular weight excluding hydrogens is 338 g/mol. The van der Waals surface area contributed by atoms with Crippen molar-refractivity contribution in [3.8, 4) is 0 Å². The van der Waals surface area contributed by atoms with E-state index in [1.165, 1.54) is 0 Å². The Kier molecular flexibility index (Phi) is 5.67. The normalized spacial score (nSPS) is 10.3. The molecule has 136 valence electrons. The van der Waals surface area contributed by atoms with Crippen molar-refractivity contribution in [1.82, 2.24) is 0 Å². The van der Waals surface area contributed by atoms with Crippen LogP contribution in [0.1, 0.15) is 37.4 Å². The van der Waals surface area contributed by atoms with Gasteiger partial charge in [0.25, 0.3) is 5.91 Å². The molecule has 0 unspecified atom stereocenters. The van der Waals surface area contributed by atoms with E-state index in [4.69, 9.17) is 4.74 Å². The van der Waals surface area contributed by atoms with Gasteiger partial charge in [-0.15, -0.1) is 0 Å². The number of para-hydroxylation sites is 1. The quantitative estimate of drug-likeness (QED) is 0.658. The lowest BCUT2D eigenvalue weighted by molar-refractivity contribution is 0.0473. The minimum absolute atomic E-state index is 0.0804. The van der Waals surface area contributed by atoms with E-state index in [1.807, 2.05) is 56.3 Å². The van der Waals surface area contributed by atoms with E-state index in [2.05, 4.69) is 5.32 Å². The zero-order valence-electron chi connectivity index (χ0n) is 15.4. The van der Waals surface area contributed by atoms with Crippen LogP contribution in [0.4, 0.5) is 5.69 Å². The third kappa shape index (κ3) is 4.82. The maximum absolute atomic E-state index is 12.5. The van der Waals surface area contributed by atoms with Crippen LogP contribution < -0.4 is 5.32 Å². The highest BCUT2D eigenvalue weighted by molar-refractivity contribution is 6.04. The first-order chi connectivity index (χ1) is 13.0. The van der Waals surface area contributed by atoms with Gasteiger partial charge in [-0.3, -0.25) is 4.79 Å². The van der Waals surface area contributed by atoms with Gasteiger partial charge in [0.2, 0.25) is 0 Å². The summed E-state index contributed by atoms with van der Waals surface area (Å²) < 4.78 is 5.41. The first kappa shape index (κ1) is 18.4. The molecule has 4 heteroatoms. The van der Waals surface area contributed by atoms with Crippen LogP contribution in [0.5, 0.6) is 0 Å². The fraction of sp³-hybridized carbons (Fsp3) is 0.130. The Balaban J connectivity index is 1.68. The van der Waals surface area contributed by atoms with Crippen LogP contribution in [0.25, 0.3) is 0 Å². The Morgan fingerprint density at radius 1 is 0.778 bits per heavy atom. The number of esters is 1. The Bertz CT molecular complexity index is 944. The van der Waals surface area contributed by atoms with Crippen LogP contribution in [0.15, 0.2) is 72.8 Å². The van der Waals surface area contributed by atoms with Gasteiger partial charge in [0.05, 0.1) is 5.56 Å². The monoisotopic (exact) mass is 359 g/mol. The highest BCUT2D eigenvalue weighted by Gasteiger charge is 2.11. The fourth-order valence-corrected chi connectivity index (χ4v) is 2.58. The molecule has 3 aromatic carbocycles. The predicted molar refractivity (Wildman–Crippen MR) is 106 cm³/mol.